The Labute approximate surface area is 108 Å². The first kappa shape index (κ1) is 12.6. The predicted molar refractivity (Wildman–Crippen MR) is 73.4 cm³/mol. The van der Waals surface area contributed by atoms with Crippen molar-refractivity contribution in [2.75, 3.05) is 11.9 Å². The van der Waals surface area contributed by atoms with Crippen LogP contribution in [0, 0.1) is 6.92 Å². The van der Waals surface area contributed by atoms with Crippen molar-refractivity contribution in [1.29, 1.82) is 0 Å². The van der Waals surface area contributed by atoms with Crippen LogP contribution in [0.4, 0.5) is 5.82 Å². The second-order valence-electron chi connectivity index (χ2n) is 4.52. The van der Waals surface area contributed by atoms with Gasteiger partial charge in [-0.15, -0.1) is 0 Å². The highest BCUT2D eigenvalue weighted by Crippen LogP contribution is 2.14. The Kier molecular flexibility index (Phi) is 3.95. The Morgan fingerprint density at radius 2 is 1.83 bits per heavy atom. The van der Waals surface area contributed by atoms with Crippen molar-refractivity contribution < 1.29 is 5.11 Å². The molecule has 0 aliphatic rings. The Balaban J connectivity index is 2.11. The fourth-order valence-corrected chi connectivity index (χ4v) is 1.82. The summed E-state index contributed by atoms with van der Waals surface area (Å²) in [6, 6.07) is 12.2. The van der Waals surface area contributed by atoms with E-state index in [4.69, 9.17) is 5.11 Å². The smallest absolute Gasteiger partial charge is 0.128 e. The lowest BCUT2D eigenvalue weighted by molar-refractivity contribution is 0.281. The summed E-state index contributed by atoms with van der Waals surface area (Å²) in [6.45, 7) is 2.94. The number of benzene rings is 1. The first-order valence-electron chi connectivity index (χ1n) is 6.01. The third kappa shape index (κ3) is 3.08. The number of hydrogen-bond acceptors (Lipinski definition) is 3. The number of rotatable bonds is 4. The van der Waals surface area contributed by atoms with Crippen LogP contribution in [-0.2, 0) is 13.2 Å². The molecule has 1 heterocycles. The van der Waals surface area contributed by atoms with Gasteiger partial charge in [0.1, 0.15) is 5.82 Å². The van der Waals surface area contributed by atoms with Gasteiger partial charge in [0.2, 0.25) is 0 Å². The van der Waals surface area contributed by atoms with Gasteiger partial charge in [0.25, 0.3) is 0 Å². The quantitative estimate of drug-likeness (QED) is 0.895. The van der Waals surface area contributed by atoms with Gasteiger partial charge in [0.05, 0.1) is 6.61 Å². The predicted octanol–water partition coefficient (Wildman–Crippen LogP) is 2.52. The van der Waals surface area contributed by atoms with E-state index in [-0.39, 0.29) is 6.61 Å². The van der Waals surface area contributed by atoms with Gasteiger partial charge in [-0.3, -0.25) is 0 Å². The molecule has 0 aliphatic heterocycles. The molecule has 0 spiro atoms. The van der Waals surface area contributed by atoms with E-state index >= 15 is 0 Å². The molecular formula is C15H18N2O. The third-order valence-electron chi connectivity index (χ3n) is 2.92. The number of aliphatic hydroxyl groups is 1. The molecule has 3 heteroatoms. The average Bonchev–Trinajstić information content (AvgIpc) is 2.41. The van der Waals surface area contributed by atoms with E-state index in [0.717, 1.165) is 17.9 Å². The number of anilines is 1. The highest BCUT2D eigenvalue weighted by molar-refractivity contribution is 5.41. The van der Waals surface area contributed by atoms with Crippen LogP contribution in [-0.4, -0.2) is 17.1 Å². The maximum Gasteiger partial charge on any atom is 0.128 e. The van der Waals surface area contributed by atoms with Gasteiger partial charge in [0.15, 0.2) is 0 Å². The van der Waals surface area contributed by atoms with Crippen LogP contribution < -0.4 is 4.90 Å². The molecule has 0 atom stereocenters. The van der Waals surface area contributed by atoms with E-state index in [2.05, 4.69) is 41.1 Å². The van der Waals surface area contributed by atoms with Crippen LogP contribution >= 0.6 is 0 Å². The summed E-state index contributed by atoms with van der Waals surface area (Å²) < 4.78 is 0. The molecule has 0 unspecified atom stereocenters. The Morgan fingerprint density at radius 1 is 1.11 bits per heavy atom. The minimum absolute atomic E-state index is 0.0495. The zero-order chi connectivity index (χ0) is 13.0. The van der Waals surface area contributed by atoms with Crippen LogP contribution in [0.2, 0.25) is 0 Å². The molecule has 2 aromatic rings. The van der Waals surface area contributed by atoms with Crippen molar-refractivity contribution in [3.63, 3.8) is 0 Å². The SMILES string of the molecule is Cc1ccc(CN(C)c2cc(CO)ccn2)cc1. The molecule has 94 valence electrons. The molecule has 1 N–H and O–H groups in total. The molecule has 0 radical (unpaired) electrons. The van der Waals surface area contributed by atoms with Crippen molar-refractivity contribution in [2.45, 2.75) is 20.1 Å². The van der Waals surface area contributed by atoms with E-state index in [0.29, 0.717) is 0 Å². The summed E-state index contributed by atoms with van der Waals surface area (Å²) in [6.07, 6.45) is 1.73. The molecule has 0 aliphatic carbocycles. The van der Waals surface area contributed by atoms with E-state index in [1.807, 2.05) is 19.2 Å². The lowest BCUT2D eigenvalue weighted by Gasteiger charge is -2.18. The number of hydrogen-bond donors (Lipinski definition) is 1. The van der Waals surface area contributed by atoms with E-state index < -0.39 is 0 Å². The van der Waals surface area contributed by atoms with Crippen molar-refractivity contribution in [3.05, 3.63) is 59.3 Å². The largest absolute Gasteiger partial charge is 0.392 e. The van der Waals surface area contributed by atoms with Gasteiger partial charge >= 0.3 is 0 Å². The molecule has 3 nitrogen and oxygen atoms in total. The van der Waals surface area contributed by atoms with Gasteiger partial charge in [-0.05, 0) is 30.2 Å². The number of nitrogens with zero attached hydrogens (tertiary/aromatic N) is 2. The summed E-state index contributed by atoms with van der Waals surface area (Å²) in [4.78, 5) is 6.39. The van der Waals surface area contributed by atoms with Gasteiger partial charge in [-0.2, -0.15) is 0 Å². The standard InChI is InChI=1S/C15H18N2O/c1-12-3-5-13(6-4-12)10-17(2)15-9-14(11-18)7-8-16-15/h3-9,18H,10-11H2,1-2H3. The van der Waals surface area contributed by atoms with Crippen LogP contribution in [0.1, 0.15) is 16.7 Å². The number of aryl methyl sites for hydroxylation is 1. The average molecular weight is 242 g/mol. The summed E-state index contributed by atoms with van der Waals surface area (Å²) >= 11 is 0. The molecule has 0 saturated carbocycles. The lowest BCUT2D eigenvalue weighted by Crippen LogP contribution is -2.17. The lowest BCUT2D eigenvalue weighted by atomic mass is 10.1. The Hall–Kier alpha value is -1.87. The first-order chi connectivity index (χ1) is 8.69. The van der Waals surface area contributed by atoms with Crippen LogP contribution in [0.3, 0.4) is 0 Å². The molecule has 0 fully saturated rings. The van der Waals surface area contributed by atoms with Crippen molar-refractivity contribution in [3.8, 4) is 0 Å². The van der Waals surface area contributed by atoms with Crippen LogP contribution in [0.25, 0.3) is 0 Å². The highest BCUT2D eigenvalue weighted by Gasteiger charge is 2.04. The normalized spacial score (nSPS) is 10.4. The minimum atomic E-state index is 0.0495. The minimum Gasteiger partial charge on any atom is -0.392 e. The topological polar surface area (TPSA) is 36.4 Å². The molecule has 0 bridgehead atoms. The van der Waals surface area contributed by atoms with Crippen molar-refractivity contribution in [2.24, 2.45) is 0 Å². The van der Waals surface area contributed by atoms with Crippen LogP contribution in [0.15, 0.2) is 42.6 Å². The monoisotopic (exact) mass is 242 g/mol. The van der Waals surface area contributed by atoms with Gasteiger partial charge < -0.3 is 10.0 Å². The van der Waals surface area contributed by atoms with Gasteiger partial charge in [0, 0.05) is 19.8 Å². The Bertz CT molecular complexity index is 508. The van der Waals surface area contributed by atoms with Gasteiger partial charge in [-0.25, -0.2) is 4.98 Å². The fourth-order valence-electron chi connectivity index (χ4n) is 1.82. The molecule has 1 aromatic heterocycles. The second-order valence-corrected chi connectivity index (χ2v) is 4.52. The molecule has 0 amide bonds. The molecule has 2 rings (SSSR count). The number of aromatic nitrogens is 1. The number of pyridine rings is 1. The zero-order valence-corrected chi connectivity index (χ0v) is 10.8. The van der Waals surface area contributed by atoms with Crippen LogP contribution in [0.5, 0.6) is 0 Å². The van der Waals surface area contributed by atoms with E-state index in [1.54, 1.807) is 6.20 Å². The Morgan fingerprint density at radius 3 is 2.50 bits per heavy atom. The number of aliphatic hydroxyl groups excluding tert-OH is 1. The summed E-state index contributed by atoms with van der Waals surface area (Å²) in [5.41, 5.74) is 3.40. The highest BCUT2D eigenvalue weighted by atomic mass is 16.3. The van der Waals surface area contributed by atoms with E-state index in [1.165, 1.54) is 11.1 Å². The first-order valence-corrected chi connectivity index (χ1v) is 6.01. The van der Waals surface area contributed by atoms with Crippen molar-refractivity contribution >= 4 is 5.82 Å². The maximum absolute atomic E-state index is 9.12. The van der Waals surface area contributed by atoms with E-state index in [9.17, 15) is 0 Å². The summed E-state index contributed by atoms with van der Waals surface area (Å²) in [7, 11) is 2.00. The summed E-state index contributed by atoms with van der Waals surface area (Å²) in [5, 5.41) is 9.12. The third-order valence-corrected chi connectivity index (χ3v) is 2.92. The second kappa shape index (κ2) is 5.65. The summed E-state index contributed by atoms with van der Waals surface area (Å²) in [5.74, 6) is 0.877. The van der Waals surface area contributed by atoms with Gasteiger partial charge in [-0.1, -0.05) is 29.8 Å². The molecule has 0 saturated heterocycles. The fraction of sp³-hybridized carbons (Fsp3) is 0.267. The molecular weight excluding hydrogens is 224 g/mol. The van der Waals surface area contributed by atoms with Crippen molar-refractivity contribution in [1.82, 2.24) is 4.98 Å². The zero-order valence-electron chi connectivity index (χ0n) is 10.8. The molecule has 1 aromatic carbocycles. The molecule has 18 heavy (non-hydrogen) atoms. The maximum atomic E-state index is 9.12.